The number of anilines is 3. The number of rotatable bonds is 6. The van der Waals surface area contributed by atoms with E-state index in [1.54, 1.807) is 0 Å². The Kier molecular flexibility index (Phi) is 8.29. The van der Waals surface area contributed by atoms with E-state index in [1.807, 2.05) is 0 Å². The van der Waals surface area contributed by atoms with Gasteiger partial charge in [0, 0.05) is 38.5 Å². The lowest BCUT2D eigenvalue weighted by molar-refractivity contribution is 0.660. The molecule has 0 unspecified atom stereocenters. The molecule has 1 aliphatic rings. The summed E-state index contributed by atoms with van der Waals surface area (Å²) in [4.78, 5) is 2.51. The first kappa shape index (κ1) is 37.4. The predicted octanol–water partition coefficient (Wildman–Crippen LogP) is 17.8. The van der Waals surface area contributed by atoms with Crippen molar-refractivity contribution in [1.29, 1.82) is 0 Å². The molecule has 0 radical (unpaired) electrons. The van der Waals surface area contributed by atoms with Gasteiger partial charge in [-0.3, -0.25) is 0 Å². The maximum Gasteiger partial charge on any atom is 0.136 e. The molecule has 306 valence electrons. The van der Waals surface area contributed by atoms with E-state index in [0.29, 0.717) is 0 Å². The van der Waals surface area contributed by atoms with Crippen LogP contribution in [0.15, 0.2) is 229 Å². The van der Waals surface area contributed by atoms with E-state index >= 15 is 0 Å². The van der Waals surface area contributed by atoms with Gasteiger partial charge in [0.05, 0.1) is 5.69 Å². The molecule has 0 N–H and O–H groups in total. The summed E-state index contributed by atoms with van der Waals surface area (Å²) in [6.07, 6.45) is 0. The van der Waals surface area contributed by atoms with E-state index in [1.165, 1.54) is 87.8 Å². The van der Waals surface area contributed by atoms with E-state index in [2.05, 4.69) is 243 Å². The summed E-state index contributed by atoms with van der Waals surface area (Å²) in [5.74, 6) is 0. The summed E-state index contributed by atoms with van der Waals surface area (Å²) < 4.78 is 6.47. The van der Waals surface area contributed by atoms with Crippen LogP contribution in [-0.2, 0) is 5.41 Å². The van der Waals surface area contributed by atoms with E-state index < -0.39 is 0 Å². The van der Waals surface area contributed by atoms with Gasteiger partial charge in [-0.25, -0.2) is 0 Å². The fraction of sp³-hybridized carbons (Fsp3) is 0.0476. The summed E-state index contributed by atoms with van der Waals surface area (Å²) >= 11 is 0. The van der Waals surface area contributed by atoms with E-state index in [4.69, 9.17) is 4.42 Å². The highest BCUT2D eigenvalue weighted by Crippen LogP contribution is 2.53. The molecule has 1 aliphatic carbocycles. The third-order valence-corrected chi connectivity index (χ3v) is 14.0. The van der Waals surface area contributed by atoms with Crippen molar-refractivity contribution < 1.29 is 4.42 Å². The molecule has 0 saturated carbocycles. The monoisotopic (exact) mass is 829 g/mol. The molecule has 65 heavy (non-hydrogen) atoms. The Morgan fingerprint density at radius 3 is 1.62 bits per heavy atom. The van der Waals surface area contributed by atoms with Gasteiger partial charge in [-0.1, -0.05) is 184 Å². The molecule has 2 heteroatoms. The molecule has 11 aromatic carbocycles. The van der Waals surface area contributed by atoms with Gasteiger partial charge in [0.1, 0.15) is 11.2 Å². The second-order valence-electron chi connectivity index (χ2n) is 18.0. The van der Waals surface area contributed by atoms with E-state index in [9.17, 15) is 0 Å². The second-order valence-corrected chi connectivity index (χ2v) is 18.0. The van der Waals surface area contributed by atoms with Gasteiger partial charge in [0.15, 0.2) is 0 Å². The zero-order chi connectivity index (χ0) is 43.2. The van der Waals surface area contributed by atoms with E-state index in [0.717, 1.165) is 39.2 Å². The summed E-state index contributed by atoms with van der Waals surface area (Å²) in [5, 5.41) is 9.66. The summed E-state index contributed by atoms with van der Waals surface area (Å²) in [7, 11) is 0. The highest BCUT2D eigenvalue weighted by molar-refractivity contribution is 6.36. The van der Waals surface area contributed by atoms with Gasteiger partial charge >= 0.3 is 0 Å². The molecule has 12 aromatic rings. The maximum atomic E-state index is 6.47. The van der Waals surface area contributed by atoms with Crippen LogP contribution < -0.4 is 4.90 Å². The van der Waals surface area contributed by atoms with Crippen molar-refractivity contribution in [3.05, 3.63) is 236 Å². The minimum atomic E-state index is -0.171. The zero-order valence-electron chi connectivity index (χ0n) is 36.2. The van der Waals surface area contributed by atoms with Gasteiger partial charge in [0.25, 0.3) is 0 Å². The van der Waals surface area contributed by atoms with Gasteiger partial charge in [-0.05, 0) is 132 Å². The van der Waals surface area contributed by atoms with Crippen LogP contribution in [0.5, 0.6) is 0 Å². The minimum Gasteiger partial charge on any atom is -0.456 e. The molecule has 1 heterocycles. The Balaban J connectivity index is 1.11. The van der Waals surface area contributed by atoms with Gasteiger partial charge in [-0.2, -0.15) is 0 Å². The first-order valence-corrected chi connectivity index (χ1v) is 22.6. The fourth-order valence-corrected chi connectivity index (χ4v) is 11.0. The smallest absolute Gasteiger partial charge is 0.136 e. The molecule has 0 amide bonds. The Morgan fingerprint density at radius 1 is 0.323 bits per heavy atom. The van der Waals surface area contributed by atoms with Crippen molar-refractivity contribution in [2.45, 2.75) is 19.3 Å². The lowest BCUT2D eigenvalue weighted by Gasteiger charge is -2.31. The average molecular weight is 830 g/mol. The molecule has 0 aliphatic heterocycles. The standard InChI is InChI=1S/C63H43NO/c1-63(2)55-29-14-11-22-46(55)47-33-32-44(39-56(47)63)64(45-37-42(40-18-5-3-6-19-40)36-43(38-45)41-20-7-4-8-21-41)57-30-15-12-23-48(57)49-27-17-28-51-53-34-35-59-62(54-26-13-16-31-58(54)65-59)61(53)52-25-10-9-24-50(52)60(49)51/h3-39H,1-2H3. The predicted molar refractivity (Wildman–Crippen MR) is 275 cm³/mol. The zero-order valence-corrected chi connectivity index (χ0v) is 36.2. The molecule has 0 fully saturated rings. The van der Waals surface area contributed by atoms with Crippen molar-refractivity contribution in [3.63, 3.8) is 0 Å². The lowest BCUT2D eigenvalue weighted by Crippen LogP contribution is -2.17. The van der Waals surface area contributed by atoms with Crippen LogP contribution in [0.25, 0.3) is 98.8 Å². The molecule has 1 aromatic heterocycles. The third kappa shape index (κ3) is 5.74. The van der Waals surface area contributed by atoms with Crippen LogP contribution in [0.1, 0.15) is 25.0 Å². The molecule has 0 atom stereocenters. The van der Waals surface area contributed by atoms with Crippen molar-refractivity contribution in [3.8, 4) is 44.5 Å². The number of hydrogen-bond acceptors (Lipinski definition) is 2. The highest BCUT2D eigenvalue weighted by Gasteiger charge is 2.36. The number of nitrogens with zero attached hydrogens (tertiary/aromatic N) is 1. The van der Waals surface area contributed by atoms with Crippen molar-refractivity contribution in [1.82, 2.24) is 0 Å². The molecule has 13 rings (SSSR count). The molecule has 0 saturated heterocycles. The largest absolute Gasteiger partial charge is 0.456 e. The second kappa shape index (κ2) is 14.4. The number of furan rings is 1. The highest BCUT2D eigenvalue weighted by atomic mass is 16.3. The topological polar surface area (TPSA) is 16.4 Å². The first-order valence-electron chi connectivity index (χ1n) is 22.6. The summed E-state index contributed by atoms with van der Waals surface area (Å²) in [6.45, 7) is 4.74. The van der Waals surface area contributed by atoms with Crippen molar-refractivity contribution >= 4 is 71.3 Å². The molecule has 2 nitrogen and oxygen atoms in total. The Bertz CT molecular complexity index is 3770. The lowest BCUT2D eigenvalue weighted by atomic mass is 9.82. The van der Waals surface area contributed by atoms with Crippen LogP contribution in [0.2, 0.25) is 0 Å². The molecule has 0 bridgehead atoms. The van der Waals surface area contributed by atoms with Gasteiger partial charge in [-0.15, -0.1) is 0 Å². The maximum absolute atomic E-state index is 6.47. The van der Waals surface area contributed by atoms with Gasteiger partial charge in [0.2, 0.25) is 0 Å². The summed E-state index contributed by atoms with van der Waals surface area (Å²) in [5.41, 5.74) is 17.3. The minimum absolute atomic E-state index is 0.171. The van der Waals surface area contributed by atoms with Crippen LogP contribution in [0.3, 0.4) is 0 Å². The molecular weight excluding hydrogens is 787 g/mol. The Morgan fingerprint density at radius 2 is 0.877 bits per heavy atom. The average Bonchev–Trinajstić information content (AvgIpc) is 3.86. The third-order valence-electron chi connectivity index (χ3n) is 14.0. The van der Waals surface area contributed by atoms with Crippen LogP contribution in [0, 0.1) is 0 Å². The van der Waals surface area contributed by atoms with Crippen LogP contribution >= 0.6 is 0 Å². The van der Waals surface area contributed by atoms with Crippen LogP contribution in [0.4, 0.5) is 17.1 Å². The fourth-order valence-electron chi connectivity index (χ4n) is 11.0. The van der Waals surface area contributed by atoms with Crippen molar-refractivity contribution in [2.75, 3.05) is 4.90 Å². The SMILES string of the molecule is CC1(C)c2ccccc2-c2ccc(N(c3cc(-c4ccccc4)cc(-c4ccccc4)c3)c3ccccc3-c3cccc4c5ccc6oc7ccccc7c6c5c5ccccc5c34)cc21. The number of fused-ring (bicyclic) bond motifs is 13. The number of para-hydroxylation sites is 2. The normalized spacial score (nSPS) is 12.9. The molecule has 0 spiro atoms. The van der Waals surface area contributed by atoms with Crippen LogP contribution in [-0.4, -0.2) is 0 Å². The summed E-state index contributed by atoms with van der Waals surface area (Å²) in [6, 6.07) is 82.4. The Hall–Kier alpha value is -8.20. The Labute approximate surface area is 378 Å². The quantitative estimate of drug-likeness (QED) is 0.155. The van der Waals surface area contributed by atoms with Gasteiger partial charge < -0.3 is 9.32 Å². The number of hydrogen-bond donors (Lipinski definition) is 0. The van der Waals surface area contributed by atoms with E-state index in [-0.39, 0.29) is 5.41 Å². The van der Waals surface area contributed by atoms with Crippen molar-refractivity contribution in [2.24, 2.45) is 0 Å². The number of benzene rings is 11. The molecular formula is C63H43NO. The first-order chi connectivity index (χ1) is 32.0.